The van der Waals surface area contributed by atoms with Crippen molar-refractivity contribution >= 4 is 16.6 Å². The van der Waals surface area contributed by atoms with Crippen molar-refractivity contribution in [3.8, 4) is 11.5 Å². The number of ether oxygens (including phenoxy) is 2. The van der Waals surface area contributed by atoms with Crippen molar-refractivity contribution in [2.24, 2.45) is 0 Å². The summed E-state index contributed by atoms with van der Waals surface area (Å²) in [7, 11) is 3.09. The fourth-order valence-electron chi connectivity index (χ4n) is 3.14. The fourth-order valence-corrected chi connectivity index (χ4v) is 3.14. The van der Waals surface area contributed by atoms with E-state index in [-0.39, 0.29) is 5.56 Å². The first-order valence-electron chi connectivity index (χ1n) is 9.58. The van der Waals surface area contributed by atoms with Gasteiger partial charge in [0.05, 0.1) is 30.8 Å². The van der Waals surface area contributed by atoms with E-state index >= 15 is 0 Å². The molecule has 0 atom stereocenters. The van der Waals surface area contributed by atoms with Gasteiger partial charge in [0.1, 0.15) is 11.5 Å². The summed E-state index contributed by atoms with van der Waals surface area (Å²) in [5, 5.41) is 0.456. The lowest BCUT2D eigenvalue weighted by Crippen LogP contribution is -2.12. The maximum Gasteiger partial charge on any atom is 0.258 e. The Morgan fingerprint density at radius 2 is 1.66 bits per heavy atom. The van der Waals surface area contributed by atoms with E-state index in [0.717, 1.165) is 11.3 Å². The first kappa shape index (κ1) is 20.4. The molecule has 0 radical (unpaired) electrons. The molecule has 29 heavy (non-hydrogen) atoms. The van der Waals surface area contributed by atoms with Crippen molar-refractivity contribution in [3.63, 3.8) is 0 Å². The van der Waals surface area contributed by atoms with Gasteiger partial charge in [0.2, 0.25) is 0 Å². The van der Waals surface area contributed by atoms with Crippen molar-refractivity contribution in [1.29, 1.82) is 0 Å². The highest BCUT2D eigenvalue weighted by atomic mass is 16.5. The first-order chi connectivity index (χ1) is 14.0. The van der Waals surface area contributed by atoms with Gasteiger partial charge in [0, 0.05) is 24.9 Å². The number of benzene rings is 1. The summed E-state index contributed by atoms with van der Waals surface area (Å²) in [6.45, 7) is 8.13. The zero-order chi connectivity index (χ0) is 21.1. The van der Waals surface area contributed by atoms with E-state index in [1.54, 1.807) is 19.2 Å². The maximum absolute atomic E-state index is 12.5. The van der Waals surface area contributed by atoms with Crippen LogP contribution in [0.3, 0.4) is 0 Å². The molecule has 1 N–H and O–H groups in total. The smallest absolute Gasteiger partial charge is 0.258 e. The Hall–Kier alpha value is -3.35. The highest BCUT2D eigenvalue weighted by molar-refractivity contribution is 5.81. The number of aromatic amines is 1. The van der Waals surface area contributed by atoms with E-state index in [1.807, 2.05) is 30.5 Å². The second-order valence-electron chi connectivity index (χ2n) is 6.55. The number of aromatic nitrogens is 4. The van der Waals surface area contributed by atoms with Crippen LogP contribution < -0.4 is 15.0 Å². The molecule has 3 heterocycles. The lowest BCUT2D eigenvalue weighted by Gasteiger charge is -2.09. The van der Waals surface area contributed by atoms with Crippen molar-refractivity contribution in [2.75, 3.05) is 14.2 Å². The molecule has 7 nitrogen and oxygen atoms in total. The molecule has 1 aromatic carbocycles. The Morgan fingerprint density at radius 1 is 0.966 bits per heavy atom. The Labute approximate surface area is 169 Å². The summed E-state index contributed by atoms with van der Waals surface area (Å²) in [5.74, 6) is 1.58. The standard InChI is InChI=1S/C20H20N4O3.C2H6/c1-11-5-19-21-13(10-24(19)9-12(11)2)6-18-22-15-8-17(27-4)16(26-3)7-14(15)20(25)23-18;1-2/h5,7-10H,6H2,1-4H3,(H,22,23,25);1-2H3. The summed E-state index contributed by atoms with van der Waals surface area (Å²) < 4.78 is 12.6. The minimum Gasteiger partial charge on any atom is -0.493 e. The van der Waals surface area contributed by atoms with Gasteiger partial charge < -0.3 is 18.9 Å². The molecule has 0 fully saturated rings. The maximum atomic E-state index is 12.5. The third-order valence-corrected chi connectivity index (χ3v) is 4.72. The molecule has 4 rings (SSSR count). The van der Waals surface area contributed by atoms with Crippen LogP contribution in [0.25, 0.3) is 16.6 Å². The molecule has 4 aromatic rings. The summed E-state index contributed by atoms with van der Waals surface area (Å²) in [6.07, 6.45) is 4.44. The molecule has 0 saturated carbocycles. The third-order valence-electron chi connectivity index (χ3n) is 4.72. The van der Waals surface area contributed by atoms with Crippen LogP contribution in [-0.4, -0.2) is 33.6 Å². The quantitative estimate of drug-likeness (QED) is 0.569. The van der Waals surface area contributed by atoms with Crippen LogP contribution >= 0.6 is 0 Å². The molecule has 0 aliphatic carbocycles. The molecule has 3 aromatic heterocycles. The number of rotatable bonds is 4. The highest BCUT2D eigenvalue weighted by Gasteiger charge is 2.12. The molecule has 0 spiro atoms. The molecule has 0 unspecified atom stereocenters. The van der Waals surface area contributed by atoms with Gasteiger partial charge in [-0.05, 0) is 37.1 Å². The Balaban J connectivity index is 0.00000117. The van der Waals surface area contributed by atoms with Crippen LogP contribution in [0.15, 0.2) is 35.4 Å². The van der Waals surface area contributed by atoms with Crippen LogP contribution in [0, 0.1) is 13.8 Å². The van der Waals surface area contributed by atoms with Gasteiger partial charge >= 0.3 is 0 Å². The SMILES string of the molecule is CC.COc1cc2nc(Cc3cn4cc(C)c(C)cc4n3)[nH]c(=O)c2cc1OC. The first-order valence-corrected chi connectivity index (χ1v) is 9.58. The van der Waals surface area contributed by atoms with Crippen LogP contribution in [-0.2, 0) is 6.42 Å². The van der Waals surface area contributed by atoms with Crippen molar-refractivity contribution < 1.29 is 9.47 Å². The number of pyridine rings is 1. The van der Waals surface area contributed by atoms with Gasteiger partial charge in [0.25, 0.3) is 5.56 Å². The monoisotopic (exact) mass is 394 g/mol. The van der Waals surface area contributed by atoms with E-state index in [9.17, 15) is 4.79 Å². The normalized spacial score (nSPS) is 10.7. The van der Waals surface area contributed by atoms with E-state index in [0.29, 0.717) is 34.6 Å². The lowest BCUT2D eigenvalue weighted by atomic mass is 10.2. The van der Waals surface area contributed by atoms with Gasteiger partial charge in [-0.15, -0.1) is 0 Å². The van der Waals surface area contributed by atoms with Gasteiger partial charge in [-0.3, -0.25) is 4.79 Å². The van der Waals surface area contributed by atoms with E-state index in [1.165, 1.54) is 18.2 Å². The topological polar surface area (TPSA) is 81.5 Å². The number of imidazole rings is 1. The Kier molecular flexibility index (Phi) is 5.87. The number of hydrogen-bond acceptors (Lipinski definition) is 5. The second-order valence-corrected chi connectivity index (χ2v) is 6.55. The zero-order valence-electron chi connectivity index (χ0n) is 17.7. The van der Waals surface area contributed by atoms with Crippen LogP contribution in [0.2, 0.25) is 0 Å². The minimum atomic E-state index is -0.216. The fraction of sp³-hybridized carbons (Fsp3) is 0.318. The van der Waals surface area contributed by atoms with Crippen LogP contribution in [0.1, 0.15) is 36.5 Å². The zero-order valence-corrected chi connectivity index (χ0v) is 17.7. The van der Waals surface area contributed by atoms with Crippen LogP contribution in [0.5, 0.6) is 11.5 Å². The summed E-state index contributed by atoms with van der Waals surface area (Å²) >= 11 is 0. The molecule has 0 bridgehead atoms. The molecule has 0 amide bonds. The second kappa shape index (κ2) is 8.34. The van der Waals surface area contributed by atoms with Gasteiger partial charge in [-0.1, -0.05) is 13.8 Å². The summed E-state index contributed by atoms with van der Waals surface area (Å²) in [6, 6.07) is 5.40. The number of hydrogen-bond donors (Lipinski definition) is 1. The third kappa shape index (κ3) is 3.94. The molecule has 0 aliphatic heterocycles. The van der Waals surface area contributed by atoms with Crippen molar-refractivity contribution in [3.05, 3.63) is 63.6 Å². The minimum absolute atomic E-state index is 0.216. The van der Waals surface area contributed by atoms with E-state index < -0.39 is 0 Å². The molecule has 7 heteroatoms. The number of nitrogens with one attached hydrogen (secondary N) is 1. The van der Waals surface area contributed by atoms with Gasteiger partial charge in [0.15, 0.2) is 11.5 Å². The predicted octanol–water partition coefficient (Wildman–Crippen LogP) is 3.82. The van der Waals surface area contributed by atoms with Crippen molar-refractivity contribution in [2.45, 2.75) is 34.1 Å². The number of fused-ring (bicyclic) bond motifs is 2. The number of aryl methyl sites for hydroxylation is 2. The molecular formula is C22H26N4O3. The van der Waals surface area contributed by atoms with Gasteiger partial charge in [-0.25, -0.2) is 9.97 Å². The number of methoxy groups -OCH3 is 2. The number of H-pyrrole nitrogens is 1. The van der Waals surface area contributed by atoms with E-state index in [4.69, 9.17) is 9.47 Å². The van der Waals surface area contributed by atoms with Gasteiger partial charge in [-0.2, -0.15) is 0 Å². The molecule has 0 aliphatic rings. The molecule has 152 valence electrons. The molecule has 0 saturated heterocycles. The Bertz CT molecular complexity index is 1190. The molecular weight excluding hydrogens is 368 g/mol. The van der Waals surface area contributed by atoms with E-state index in [2.05, 4.69) is 35.0 Å². The Morgan fingerprint density at radius 3 is 2.34 bits per heavy atom. The average molecular weight is 394 g/mol. The summed E-state index contributed by atoms with van der Waals surface area (Å²) in [4.78, 5) is 24.6. The largest absolute Gasteiger partial charge is 0.493 e. The van der Waals surface area contributed by atoms with Crippen LogP contribution in [0.4, 0.5) is 0 Å². The predicted molar refractivity (Wildman–Crippen MR) is 114 cm³/mol. The lowest BCUT2D eigenvalue weighted by molar-refractivity contribution is 0.355. The number of nitrogens with zero attached hydrogens (tertiary/aromatic N) is 3. The highest BCUT2D eigenvalue weighted by Crippen LogP contribution is 2.30. The van der Waals surface area contributed by atoms with Crippen molar-refractivity contribution in [1.82, 2.24) is 19.4 Å². The summed E-state index contributed by atoms with van der Waals surface area (Å²) in [5.41, 5.74) is 4.45. The average Bonchev–Trinajstić information content (AvgIpc) is 3.09.